The molecule has 1 aromatic heterocycles. The number of rotatable bonds is 5. The lowest BCUT2D eigenvalue weighted by atomic mass is 9.69. The number of thioether (sulfide) groups is 1. The van der Waals surface area contributed by atoms with E-state index >= 15 is 0 Å². The van der Waals surface area contributed by atoms with Crippen molar-refractivity contribution in [3.05, 3.63) is 41.7 Å². The molecule has 0 amide bonds. The Kier molecular flexibility index (Phi) is 5.14. The molecule has 142 valence electrons. The van der Waals surface area contributed by atoms with Gasteiger partial charge in [0.05, 0.1) is 12.1 Å². The molecule has 0 spiro atoms. The third-order valence-corrected chi connectivity index (χ3v) is 6.78. The van der Waals surface area contributed by atoms with E-state index in [0.29, 0.717) is 5.56 Å². The molecule has 3 unspecified atom stereocenters. The molecule has 4 nitrogen and oxygen atoms in total. The Bertz CT molecular complexity index is 795. The minimum Gasteiger partial charge on any atom is -0.387 e. The first-order valence-corrected chi connectivity index (χ1v) is 10.0. The molecule has 1 saturated carbocycles. The van der Waals surface area contributed by atoms with E-state index in [-0.39, 0.29) is 23.8 Å². The predicted octanol–water partition coefficient (Wildman–Crippen LogP) is 4.25. The molecule has 1 aliphatic carbocycles. The lowest BCUT2D eigenvalue weighted by Gasteiger charge is -2.43. The topological polar surface area (TPSA) is 50.9 Å². The number of aromatic nitrogens is 3. The highest BCUT2D eigenvalue weighted by Gasteiger charge is 2.56. The molecular formula is C19H25F2N3OS. The van der Waals surface area contributed by atoms with Crippen LogP contribution in [0.4, 0.5) is 8.78 Å². The molecule has 7 heteroatoms. The molecule has 2 aromatic rings. The van der Waals surface area contributed by atoms with E-state index in [1.54, 1.807) is 10.7 Å². The van der Waals surface area contributed by atoms with Crippen LogP contribution in [0.2, 0.25) is 0 Å². The number of nitrogens with zero attached hydrogens (tertiary/aromatic N) is 3. The average Bonchev–Trinajstić information content (AvgIpc) is 3.12. The summed E-state index contributed by atoms with van der Waals surface area (Å²) >= 11 is 1.46. The predicted molar refractivity (Wildman–Crippen MR) is 98.0 cm³/mol. The fraction of sp³-hybridized carbons (Fsp3) is 0.579. The minimum absolute atomic E-state index is 0.215. The van der Waals surface area contributed by atoms with Gasteiger partial charge in [-0.05, 0) is 48.0 Å². The molecule has 1 aliphatic rings. The molecule has 1 fully saturated rings. The Labute approximate surface area is 157 Å². The van der Waals surface area contributed by atoms with Gasteiger partial charge in [0.15, 0.2) is 16.8 Å². The van der Waals surface area contributed by atoms with Crippen molar-refractivity contribution < 1.29 is 13.9 Å². The van der Waals surface area contributed by atoms with Crippen LogP contribution in [0.1, 0.15) is 45.1 Å². The van der Waals surface area contributed by atoms with Crippen molar-refractivity contribution in [3.8, 4) is 0 Å². The van der Waals surface area contributed by atoms with Gasteiger partial charge in [0, 0.05) is 0 Å². The van der Waals surface area contributed by atoms with Gasteiger partial charge >= 0.3 is 0 Å². The van der Waals surface area contributed by atoms with Crippen LogP contribution in [-0.2, 0) is 6.54 Å². The Hall–Kier alpha value is -1.47. The van der Waals surface area contributed by atoms with Crippen LogP contribution in [0.15, 0.2) is 29.7 Å². The largest absolute Gasteiger partial charge is 0.387 e. The molecule has 3 atom stereocenters. The van der Waals surface area contributed by atoms with Gasteiger partial charge < -0.3 is 5.11 Å². The fourth-order valence-corrected chi connectivity index (χ4v) is 4.78. The van der Waals surface area contributed by atoms with Crippen LogP contribution in [-0.4, -0.2) is 31.7 Å². The van der Waals surface area contributed by atoms with Gasteiger partial charge in [0.1, 0.15) is 6.33 Å². The zero-order valence-electron chi connectivity index (χ0n) is 15.5. The van der Waals surface area contributed by atoms with E-state index in [9.17, 15) is 13.9 Å². The number of hydrogen-bond donors (Lipinski definition) is 1. The normalized spacial score (nSPS) is 26.2. The Morgan fingerprint density at radius 3 is 2.81 bits per heavy atom. The highest BCUT2D eigenvalue weighted by molar-refractivity contribution is 7.98. The van der Waals surface area contributed by atoms with Gasteiger partial charge in [-0.3, -0.25) is 0 Å². The Morgan fingerprint density at radius 1 is 1.38 bits per heavy atom. The van der Waals surface area contributed by atoms with Gasteiger partial charge in [-0.1, -0.05) is 44.7 Å². The first-order chi connectivity index (χ1) is 12.2. The van der Waals surface area contributed by atoms with E-state index in [1.165, 1.54) is 24.2 Å². The van der Waals surface area contributed by atoms with E-state index in [4.69, 9.17) is 0 Å². The van der Waals surface area contributed by atoms with Crippen molar-refractivity contribution in [1.82, 2.24) is 14.8 Å². The second-order valence-corrected chi connectivity index (χ2v) is 8.56. The summed E-state index contributed by atoms with van der Waals surface area (Å²) in [5.74, 6) is -2.21. The van der Waals surface area contributed by atoms with E-state index < -0.39 is 17.2 Å². The van der Waals surface area contributed by atoms with Crippen molar-refractivity contribution >= 4 is 11.8 Å². The first kappa shape index (κ1) is 19.3. The number of halogens is 2. The second kappa shape index (κ2) is 6.93. The van der Waals surface area contributed by atoms with Crippen molar-refractivity contribution in [2.24, 2.45) is 11.3 Å². The summed E-state index contributed by atoms with van der Waals surface area (Å²) in [5.41, 5.74) is -1.17. The monoisotopic (exact) mass is 381 g/mol. The maximum atomic E-state index is 14.4. The summed E-state index contributed by atoms with van der Waals surface area (Å²) in [6.45, 7) is 6.20. The summed E-state index contributed by atoms with van der Waals surface area (Å²) in [6.07, 6.45) is 4.93. The molecule has 0 saturated heterocycles. The van der Waals surface area contributed by atoms with E-state index in [0.717, 1.165) is 24.1 Å². The zero-order valence-corrected chi connectivity index (χ0v) is 16.4. The van der Waals surface area contributed by atoms with E-state index in [2.05, 4.69) is 10.1 Å². The van der Waals surface area contributed by atoms with Crippen LogP contribution in [0.25, 0.3) is 0 Å². The lowest BCUT2D eigenvalue weighted by Crippen LogP contribution is -2.50. The maximum Gasteiger partial charge on any atom is 0.185 e. The molecule has 1 heterocycles. The number of hydrogen-bond acceptors (Lipinski definition) is 4. The van der Waals surface area contributed by atoms with Gasteiger partial charge in [0.2, 0.25) is 0 Å². The number of benzene rings is 1. The quantitative estimate of drug-likeness (QED) is 0.787. The van der Waals surface area contributed by atoms with Gasteiger partial charge in [0.25, 0.3) is 0 Å². The lowest BCUT2D eigenvalue weighted by molar-refractivity contribution is -0.0978. The Balaban J connectivity index is 1.99. The van der Waals surface area contributed by atoms with Gasteiger partial charge in [-0.25, -0.2) is 18.4 Å². The summed E-state index contributed by atoms with van der Waals surface area (Å²) in [4.78, 5) is 4.20. The van der Waals surface area contributed by atoms with Crippen molar-refractivity contribution in [2.75, 3.05) is 6.26 Å². The Morgan fingerprint density at radius 2 is 2.12 bits per heavy atom. The smallest absolute Gasteiger partial charge is 0.185 e. The highest BCUT2D eigenvalue weighted by atomic mass is 32.2. The standard InChI is InChI=1S/C19H25F2N3OS/c1-12(13-6-5-7-15(20)16(13)21)14-8-9-18(2,3)19(14,25)10-24-17(26-4)22-11-23-24/h5-7,11-12,14,25H,8-10H2,1-4H3. The molecule has 0 radical (unpaired) electrons. The van der Waals surface area contributed by atoms with Crippen LogP contribution in [0.5, 0.6) is 0 Å². The van der Waals surface area contributed by atoms with E-state index in [1.807, 2.05) is 27.0 Å². The van der Waals surface area contributed by atoms with Crippen LogP contribution in [0.3, 0.4) is 0 Å². The van der Waals surface area contributed by atoms with Crippen molar-refractivity contribution in [2.45, 2.75) is 56.8 Å². The molecule has 0 aliphatic heterocycles. The summed E-state index contributed by atoms with van der Waals surface area (Å²) in [6, 6.07) is 4.25. The summed E-state index contributed by atoms with van der Waals surface area (Å²) in [5, 5.41) is 16.7. The molecular weight excluding hydrogens is 356 g/mol. The first-order valence-electron chi connectivity index (χ1n) is 8.79. The SMILES string of the molecule is CSc1ncnn1CC1(O)C(C(C)c2cccc(F)c2F)CCC1(C)C. The third-order valence-electron chi connectivity index (χ3n) is 6.09. The average molecular weight is 381 g/mol. The molecule has 26 heavy (non-hydrogen) atoms. The summed E-state index contributed by atoms with van der Waals surface area (Å²) in [7, 11) is 0. The minimum atomic E-state index is -1.11. The van der Waals surface area contributed by atoms with Crippen molar-refractivity contribution in [3.63, 3.8) is 0 Å². The zero-order chi connectivity index (χ0) is 19.1. The summed E-state index contributed by atoms with van der Waals surface area (Å²) < 4.78 is 29.8. The van der Waals surface area contributed by atoms with Crippen molar-refractivity contribution in [1.29, 1.82) is 0 Å². The van der Waals surface area contributed by atoms with Crippen LogP contribution >= 0.6 is 11.8 Å². The molecule has 1 aromatic carbocycles. The van der Waals surface area contributed by atoms with Crippen LogP contribution < -0.4 is 0 Å². The highest BCUT2D eigenvalue weighted by Crippen LogP contribution is 2.55. The fourth-order valence-electron chi connectivity index (χ4n) is 4.31. The third kappa shape index (κ3) is 3.05. The second-order valence-electron chi connectivity index (χ2n) is 7.79. The molecule has 3 rings (SSSR count). The molecule has 1 N–H and O–H groups in total. The molecule has 0 bridgehead atoms. The number of aliphatic hydroxyl groups is 1. The van der Waals surface area contributed by atoms with Gasteiger partial charge in [-0.15, -0.1) is 0 Å². The van der Waals surface area contributed by atoms with Gasteiger partial charge in [-0.2, -0.15) is 5.10 Å². The van der Waals surface area contributed by atoms with Crippen LogP contribution in [0, 0.1) is 23.0 Å². The maximum absolute atomic E-state index is 14.4.